The van der Waals surface area contributed by atoms with Crippen LogP contribution in [0.25, 0.3) is 76.8 Å². The third-order valence-electron chi connectivity index (χ3n) is 12.5. The minimum absolute atomic E-state index is 0.108. The molecule has 0 aliphatic heterocycles. The molecule has 0 fully saturated rings. The third kappa shape index (κ3) is 5.39. The van der Waals surface area contributed by atoms with Crippen LogP contribution in [0.5, 0.6) is 0 Å². The molecule has 0 saturated heterocycles. The Labute approximate surface area is 340 Å². The van der Waals surface area contributed by atoms with E-state index in [1.165, 1.54) is 88.0 Å². The summed E-state index contributed by atoms with van der Waals surface area (Å²) in [5.74, 6) is 0. The van der Waals surface area contributed by atoms with Crippen LogP contribution in [-0.4, -0.2) is 0 Å². The molecule has 1 aliphatic carbocycles. The first-order valence-electron chi connectivity index (χ1n) is 20.3. The molecular weight excluding hydrogens is 699 g/mol. The molecule has 0 radical (unpaired) electrons. The lowest BCUT2D eigenvalue weighted by molar-refractivity contribution is 0.660. The minimum Gasteiger partial charge on any atom is -0.310 e. The standard InChI is InChI=1S/C57H41N/c1-57(2)54-26-14-12-25-51(54)52-33-32-42(37-55(52)57)58(56-27-15-13-20-45(56)38-16-4-3-5-17-38)41-30-28-39(29-31-41)44-34-35-50(48-23-10-8-22-47(44)48)53-36-40-18-6-7-19-43(40)46-21-9-11-24-49(46)53/h3-37H,1-2H3. The van der Waals surface area contributed by atoms with E-state index in [1.807, 2.05) is 0 Å². The van der Waals surface area contributed by atoms with Crippen molar-refractivity contribution in [3.05, 3.63) is 223 Å². The van der Waals surface area contributed by atoms with Gasteiger partial charge in [0.15, 0.2) is 0 Å². The van der Waals surface area contributed by atoms with E-state index in [9.17, 15) is 0 Å². The molecule has 1 nitrogen and oxygen atoms in total. The summed E-state index contributed by atoms with van der Waals surface area (Å²) in [5.41, 5.74) is 16.0. The Balaban J connectivity index is 1.05. The Morgan fingerprint density at radius 1 is 0.310 bits per heavy atom. The molecule has 10 aromatic carbocycles. The molecule has 0 saturated carbocycles. The Kier molecular flexibility index (Phi) is 7.91. The molecule has 0 heterocycles. The highest BCUT2D eigenvalue weighted by atomic mass is 15.1. The molecule has 10 aromatic rings. The predicted molar refractivity (Wildman–Crippen MR) is 248 cm³/mol. The lowest BCUT2D eigenvalue weighted by atomic mass is 9.82. The van der Waals surface area contributed by atoms with E-state index >= 15 is 0 Å². The van der Waals surface area contributed by atoms with E-state index in [2.05, 4.69) is 231 Å². The van der Waals surface area contributed by atoms with Gasteiger partial charge in [0, 0.05) is 22.4 Å². The summed E-state index contributed by atoms with van der Waals surface area (Å²) < 4.78 is 0. The molecule has 0 aromatic heterocycles. The molecule has 0 atom stereocenters. The largest absolute Gasteiger partial charge is 0.310 e. The summed E-state index contributed by atoms with van der Waals surface area (Å²) in [6.07, 6.45) is 0. The van der Waals surface area contributed by atoms with Gasteiger partial charge in [-0.15, -0.1) is 0 Å². The van der Waals surface area contributed by atoms with E-state index in [0.29, 0.717) is 0 Å². The van der Waals surface area contributed by atoms with Crippen molar-refractivity contribution in [3.63, 3.8) is 0 Å². The molecule has 11 rings (SSSR count). The SMILES string of the molecule is CC1(C)c2ccccc2-c2ccc(N(c3ccc(-c4ccc(-c5cc6ccccc6c6ccccc56)c5ccccc45)cc3)c3ccccc3-c3ccccc3)cc21. The van der Waals surface area contributed by atoms with Crippen LogP contribution in [-0.2, 0) is 5.41 Å². The molecule has 0 unspecified atom stereocenters. The van der Waals surface area contributed by atoms with E-state index in [0.717, 1.165) is 17.1 Å². The van der Waals surface area contributed by atoms with Gasteiger partial charge in [0.1, 0.15) is 0 Å². The van der Waals surface area contributed by atoms with Crippen molar-refractivity contribution in [3.8, 4) is 44.5 Å². The van der Waals surface area contributed by atoms with Gasteiger partial charge in [-0.05, 0) is 119 Å². The summed E-state index contributed by atoms with van der Waals surface area (Å²) in [6, 6.07) is 78.1. The topological polar surface area (TPSA) is 3.24 Å². The maximum atomic E-state index is 2.44. The normalized spacial score (nSPS) is 12.8. The number of anilines is 3. The minimum atomic E-state index is -0.108. The van der Waals surface area contributed by atoms with Crippen molar-refractivity contribution >= 4 is 49.4 Å². The lowest BCUT2D eigenvalue weighted by Gasteiger charge is -2.30. The van der Waals surface area contributed by atoms with Crippen LogP contribution in [0.15, 0.2) is 212 Å². The van der Waals surface area contributed by atoms with Crippen LogP contribution >= 0.6 is 0 Å². The molecule has 274 valence electrons. The summed E-state index contributed by atoms with van der Waals surface area (Å²) in [5, 5.41) is 7.61. The summed E-state index contributed by atoms with van der Waals surface area (Å²) in [7, 11) is 0. The van der Waals surface area contributed by atoms with Crippen LogP contribution in [0.2, 0.25) is 0 Å². The monoisotopic (exact) mass is 739 g/mol. The lowest BCUT2D eigenvalue weighted by Crippen LogP contribution is -2.16. The van der Waals surface area contributed by atoms with Crippen molar-refractivity contribution in [1.29, 1.82) is 0 Å². The van der Waals surface area contributed by atoms with E-state index in [-0.39, 0.29) is 5.41 Å². The number of fused-ring (bicyclic) bond motifs is 7. The smallest absolute Gasteiger partial charge is 0.0540 e. The number of hydrogen-bond acceptors (Lipinski definition) is 1. The van der Waals surface area contributed by atoms with Crippen molar-refractivity contribution in [1.82, 2.24) is 0 Å². The first-order valence-corrected chi connectivity index (χ1v) is 20.3. The number of rotatable bonds is 6. The Hall–Kier alpha value is -7.22. The quantitative estimate of drug-likeness (QED) is 0.154. The molecule has 0 N–H and O–H groups in total. The second-order valence-electron chi connectivity index (χ2n) is 16.1. The number of hydrogen-bond donors (Lipinski definition) is 0. The van der Waals surface area contributed by atoms with E-state index in [1.54, 1.807) is 0 Å². The fraction of sp³-hybridized carbons (Fsp3) is 0.0526. The highest BCUT2D eigenvalue weighted by Gasteiger charge is 2.36. The zero-order chi connectivity index (χ0) is 38.8. The van der Waals surface area contributed by atoms with Gasteiger partial charge >= 0.3 is 0 Å². The van der Waals surface area contributed by atoms with Crippen LogP contribution in [0, 0.1) is 0 Å². The van der Waals surface area contributed by atoms with Gasteiger partial charge in [-0.3, -0.25) is 0 Å². The predicted octanol–water partition coefficient (Wildman–Crippen LogP) is 15.9. The van der Waals surface area contributed by atoms with Gasteiger partial charge in [-0.2, -0.15) is 0 Å². The maximum Gasteiger partial charge on any atom is 0.0540 e. The van der Waals surface area contributed by atoms with Gasteiger partial charge in [0.2, 0.25) is 0 Å². The summed E-state index contributed by atoms with van der Waals surface area (Å²) >= 11 is 0. The third-order valence-corrected chi connectivity index (χ3v) is 12.5. The zero-order valence-corrected chi connectivity index (χ0v) is 32.7. The Bertz CT molecular complexity index is 3190. The molecule has 1 heteroatoms. The molecule has 0 spiro atoms. The van der Waals surface area contributed by atoms with E-state index in [4.69, 9.17) is 0 Å². The highest BCUT2D eigenvalue weighted by molar-refractivity contribution is 6.17. The second kappa shape index (κ2) is 13.5. The summed E-state index contributed by atoms with van der Waals surface area (Å²) in [6.45, 7) is 4.72. The van der Waals surface area contributed by atoms with Crippen molar-refractivity contribution in [2.24, 2.45) is 0 Å². The summed E-state index contributed by atoms with van der Waals surface area (Å²) in [4.78, 5) is 2.44. The molecule has 0 bridgehead atoms. The molecular formula is C57H41N. The van der Waals surface area contributed by atoms with Crippen LogP contribution in [0.4, 0.5) is 17.1 Å². The van der Waals surface area contributed by atoms with E-state index < -0.39 is 0 Å². The number of para-hydroxylation sites is 1. The molecule has 58 heavy (non-hydrogen) atoms. The maximum absolute atomic E-state index is 2.44. The Morgan fingerprint density at radius 3 is 1.60 bits per heavy atom. The highest BCUT2D eigenvalue weighted by Crippen LogP contribution is 2.51. The van der Waals surface area contributed by atoms with Gasteiger partial charge in [-0.25, -0.2) is 0 Å². The van der Waals surface area contributed by atoms with Crippen LogP contribution in [0.3, 0.4) is 0 Å². The molecule has 0 amide bonds. The van der Waals surface area contributed by atoms with Gasteiger partial charge in [0.05, 0.1) is 5.69 Å². The van der Waals surface area contributed by atoms with Crippen molar-refractivity contribution < 1.29 is 0 Å². The molecule has 1 aliphatic rings. The fourth-order valence-corrected chi connectivity index (χ4v) is 9.64. The number of nitrogens with zero attached hydrogens (tertiary/aromatic N) is 1. The van der Waals surface area contributed by atoms with Crippen molar-refractivity contribution in [2.75, 3.05) is 4.90 Å². The van der Waals surface area contributed by atoms with Crippen molar-refractivity contribution in [2.45, 2.75) is 19.3 Å². The first kappa shape index (κ1) is 34.1. The Morgan fingerprint density at radius 2 is 0.828 bits per heavy atom. The van der Waals surface area contributed by atoms with Crippen LogP contribution < -0.4 is 4.90 Å². The van der Waals surface area contributed by atoms with Crippen LogP contribution in [0.1, 0.15) is 25.0 Å². The van der Waals surface area contributed by atoms with Gasteiger partial charge < -0.3 is 4.90 Å². The average molecular weight is 740 g/mol. The van der Waals surface area contributed by atoms with Gasteiger partial charge in [0.25, 0.3) is 0 Å². The fourth-order valence-electron chi connectivity index (χ4n) is 9.64. The zero-order valence-electron chi connectivity index (χ0n) is 32.7. The second-order valence-corrected chi connectivity index (χ2v) is 16.1. The van der Waals surface area contributed by atoms with Gasteiger partial charge in [-0.1, -0.05) is 190 Å². The first-order chi connectivity index (χ1) is 28.5. The number of benzene rings is 10. The average Bonchev–Trinajstić information content (AvgIpc) is 3.52.